The fourth-order valence-corrected chi connectivity index (χ4v) is 4.16. The predicted octanol–water partition coefficient (Wildman–Crippen LogP) is 0.390. The minimum absolute atomic E-state index is 0.0628. The number of aromatic nitrogens is 2. The molecule has 0 saturated heterocycles. The van der Waals surface area contributed by atoms with Gasteiger partial charge in [0.05, 0.1) is 6.04 Å². The zero-order valence-corrected chi connectivity index (χ0v) is 20.3. The van der Waals surface area contributed by atoms with E-state index in [1.807, 2.05) is 0 Å². The molecular formula is C23H29N7O7. The first-order valence-corrected chi connectivity index (χ1v) is 11.5. The van der Waals surface area contributed by atoms with Crippen molar-refractivity contribution in [1.82, 2.24) is 14.9 Å². The molecule has 2 unspecified atom stereocenters. The average molecular weight is 516 g/mol. The summed E-state index contributed by atoms with van der Waals surface area (Å²) >= 11 is 0. The van der Waals surface area contributed by atoms with Crippen LogP contribution >= 0.6 is 0 Å². The smallest absolute Gasteiger partial charge is 0.326 e. The van der Waals surface area contributed by atoms with E-state index in [1.165, 1.54) is 21.9 Å². The second kappa shape index (κ2) is 11.4. The number of carbonyl (C=O) groups is 4. The van der Waals surface area contributed by atoms with Gasteiger partial charge >= 0.3 is 17.5 Å². The minimum atomic E-state index is -1.29. The van der Waals surface area contributed by atoms with Crippen LogP contribution in [0.4, 0.5) is 23.1 Å². The number of H-pyrrole nitrogens is 1. The Bertz CT molecular complexity index is 1230. The molecule has 2 atom stereocenters. The summed E-state index contributed by atoms with van der Waals surface area (Å²) in [6.45, 7) is 3.91. The molecule has 1 aliphatic rings. The van der Waals surface area contributed by atoms with Crippen LogP contribution in [0.15, 0.2) is 29.1 Å². The van der Waals surface area contributed by atoms with E-state index in [9.17, 15) is 29.1 Å². The third kappa shape index (κ3) is 6.15. The zero-order valence-electron chi connectivity index (χ0n) is 20.3. The number of carbonyl (C=O) groups excluding carboxylic acids is 2. The van der Waals surface area contributed by atoms with Gasteiger partial charge in [0.2, 0.25) is 12.4 Å². The molecule has 0 saturated carbocycles. The van der Waals surface area contributed by atoms with Crippen LogP contribution in [0.3, 0.4) is 0 Å². The van der Waals surface area contributed by atoms with Crippen molar-refractivity contribution in [3.8, 4) is 0 Å². The lowest BCUT2D eigenvalue weighted by Crippen LogP contribution is -2.50. The van der Waals surface area contributed by atoms with Gasteiger partial charge in [-0.3, -0.25) is 19.2 Å². The third-order valence-corrected chi connectivity index (χ3v) is 5.91. The highest BCUT2D eigenvalue weighted by atomic mass is 16.4. The van der Waals surface area contributed by atoms with E-state index >= 15 is 0 Å². The molecule has 7 N–H and O–H groups in total. The molecule has 0 aliphatic carbocycles. The lowest BCUT2D eigenvalue weighted by Gasteiger charge is -2.34. The SMILES string of the molecule is CC(C)N(C(=O)c1ccc(NCC2CNc3[nH]c(N)nc(=O)c3N2C=O)cc1)C(CCC(=O)O)C(=O)O. The van der Waals surface area contributed by atoms with Crippen molar-refractivity contribution < 1.29 is 29.4 Å². The molecular weight excluding hydrogens is 486 g/mol. The monoisotopic (exact) mass is 515 g/mol. The summed E-state index contributed by atoms with van der Waals surface area (Å²) in [5.41, 5.74) is 5.84. The standard InChI is InChI=1S/C23H29N7O7/c1-12(2)30(16(22(36)37)7-8-17(32)33)21(35)13-3-5-14(6-4-13)25-9-15-10-26-19-18(29(15)11-31)20(34)28-23(24)27-19/h3-6,11-12,15-16,25H,7-10H2,1-2H3,(H,32,33)(H,36,37)(H4,24,26,27,28,34). The largest absolute Gasteiger partial charge is 0.481 e. The van der Waals surface area contributed by atoms with Gasteiger partial charge in [0.15, 0.2) is 5.69 Å². The number of aromatic amines is 1. The molecule has 37 heavy (non-hydrogen) atoms. The molecule has 0 spiro atoms. The van der Waals surface area contributed by atoms with Crippen LogP contribution in [0.2, 0.25) is 0 Å². The number of aliphatic carboxylic acids is 2. The Balaban J connectivity index is 1.71. The fraction of sp³-hybridized carbons (Fsp3) is 0.391. The third-order valence-electron chi connectivity index (χ3n) is 5.91. The average Bonchev–Trinajstić information content (AvgIpc) is 2.84. The minimum Gasteiger partial charge on any atom is -0.481 e. The van der Waals surface area contributed by atoms with Crippen molar-refractivity contribution in [3.05, 3.63) is 40.2 Å². The van der Waals surface area contributed by atoms with Crippen molar-refractivity contribution in [1.29, 1.82) is 0 Å². The van der Waals surface area contributed by atoms with Crippen LogP contribution in [0.25, 0.3) is 0 Å². The highest BCUT2D eigenvalue weighted by molar-refractivity contribution is 5.97. The lowest BCUT2D eigenvalue weighted by atomic mass is 10.0. The van der Waals surface area contributed by atoms with Crippen molar-refractivity contribution >= 4 is 47.4 Å². The number of nitrogens with zero attached hydrogens (tertiary/aromatic N) is 3. The summed E-state index contributed by atoms with van der Waals surface area (Å²) in [4.78, 5) is 68.7. The zero-order chi connectivity index (χ0) is 27.3. The van der Waals surface area contributed by atoms with Gasteiger partial charge < -0.3 is 41.4 Å². The number of rotatable bonds is 11. The van der Waals surface area contributed by atoms with Crippen molar-refractivity contribution in [2.24, 2.45) is 0 Å². The molecule has 14 nitrogen and oxygen atoms in total. The van der Waals surface area contributed by atoms with E-state index in [-0.39, 0.29) is 36.6 Å². The van der Waals surface area contributed by atoms with Gasteiger partial charge in [-0.1, -0.05) is 0 Å². The van der Waals surface area contributed by atoms with Crippen LogP contribution in [-0.4, -0.2) is 80.6 Å². The maximum Gasteiger partial charge on any atom is 0.326 e. The molecule has 1 aromatic heterocycles. The van der Waals surface area contributed by atoms with E-state index in [0.717, 1.165) is 0 Å². The van der Waals surface area contributed by atoms with Crippen molar-refractivity contribution in [3.63, 3.8) is 0 Å². The first-order chi connectivity index (χ1) is 17.5. The quantitative estimate of drug-likeness (QED) is 0.225. The Morgan fingerprint density at radius 3 is 2.51 bits per heavy atom. The Morgan fingerprint density at radius 2 is 1.95 bits per heavy atom. The van der Waals surface area contributed by atoms with Gasteiger partial charge in [-0.25, -0.2) is 4.79 Å². The van der Waals surface area contributed by atoms with E-state index in [2.05, 4.69) is 20.6 Å². The number of hydrogen-bond donors (Lipinski definition) is 6. The first-order valence-electron chi connectivity index (χ1n) is 11.5. The van der Waals surface area contributed by atoms with Gasteiger partial charge in [0.1, 0.15) is 11.9 Å². The normalized spacial score (nSPS) is 15.3. The molecule has 1 aliphatic heterocycles. The molecule has 3 rings (SSSR count). The first kappa shape index (κ1) is 27.0. The van der Waals surface area contributed by atoms with E-state index in [0.29, 0.717) is 24.5 Å². The van der Waals surface area contributed by atoms with Crippen LogP contribution in [0, 0.1) is 0 Å². The fourth-order valence-electron chi connectivity index (χ4n) is 4.16. The molecule has 2 amide bonds. The molecule has 2 aromatic rings. The van der Waals surface area contributed by atoms with Gasteiger partial charge in [-0.2, -0.15) is 4.98 Å². The maximum absolute atomic E-state index is 13.1. The molecule has 0 fully saturated rings. The number of carboxylic acid groups (broad SMARTS) is 2. The number of fused-ring (bicyclic) bond motifs is 1. The number of nitrogen functional groups attached to an aromatic ring is 1. The number of nitrogens with two attached hydrogens (primary N) is 1. The summed E-state index contributed by atoms with van der Waals surface area (Å²) in [5.74, 6) is -2.72. The number of benzene rings is 1. The van der Waals surface area contributed by atoms with Crippen LogP contribution in [0.1, 0.15) is 37.0 Å². The maximum atomic E-state index is 13.1. The van der Waals surface area contributed by atoms with E-state index in [1.54, 1.807) is 26.0 Å². The van der Waals surface area contributed by atoms with Gasteiger partial charge in [-0.15, -0.1) is 0 Å². The van der Waals surface area contributed by atoms with E-state index < -0.39 is 41.5 Å². The second-order valence-electron chi connectivity index (χ2n) is 8.75. The molecule has 198 valence electrons. The Labute approximate surface area is 211 Å². The number of anilines is 4. The highest BCUT2D eigenvalue weighted by Crippen LogP contribution is 2.25. The second-order valence-corrected chi connectivity index (χ2v) is 8.75. The van der Waals surface area contributed by atoms with Gasteiger partial charge in [0, 0.05) is 36.8 Å². The number of amides is 2. The van der Waals surface area contributed by atoms with E-state index in [4.69, 9.17) is 10.8 Å². The number of carboxylic acids is 2. The van der Waals surface area contributed by atoms with Crippen molar-refractivity contribution in [2.75, 3.05) is 34.4 Å². The molecule has 0 bridgehead atoms. The Kier molecular flexibility index (Phi) is 8.32. The van der Waals surface area contributed by atoms with Crippen LogP contribution in [0.5, 0.6) is 0 Å². The summed E-state index contributed by atoms with van der Waals surface area (Å²) in [5, 5.41) is 24.7. The lowest BCUT2D eigenvalue weighted by molar-refractivity contribution is -0.144. The molecule has 0 radical (unpaired) electrons. The predicted molar refractivity (Wildman–Crippen MR) is 135 cm³/mol. The van der Waals surface area contributed by atoms with Crippen LogP contribution < -0.4 is 26.8 Å². The molecule has 1 aromatic carbocycles. The summed E-state index contributed by atoms with van der Waals surface area (Å²) < 4.78 is 0. The highest BCUT2D eigenvalue weighted by Gasteiger charge is 2.33. The number of hydrogen-bond acceptors (Lipinski definition) is 9. The van der Waals surface area contributed by atoms with Gasteiger partial charge in [0.25, 0.3) is 5.91 Å². The summed E-state index contributed by atoms with van der Waals surface area (Å²) in [6, 6.07) is 4.11. The topological polar surface area (TPSA) is 211 Å². The summed E-state index contributed by atoms with van der Waals surface area (Å²) in [6.07, 6.45) is -0.0560. The Hall–Kier alpha value is -4.62. The Morgan fingerprint density at radius 1 is 1.27 bits per heavy atom. The number of nitrogens with one attached hydrogen (secondary N) is 3. The van der Waals surface area contributed by atoms with Gasteiger partial charge in [-0.05, 0) is 44.5 Å². The van der Waals surface area contributed by atoms with Crippen LogP contribution in [-0.2, 0) is 14.4 Å². The summed E-state index contributed by atoms with van der Waals surface area (Å²) in [7, 11) is 0. The van der Waals surface area contributed by atoms with Crippen molar-refractivity contribution in [2.45, 2.75) is 44.8 Å². The molecule has 2 heterocycles. The molecule has 14 heteroatoms.